The summed E-state index contributed by atoms with van der Waals surface area (Å²) < 4.78 is 0. The number of aromatic nitrogens is 2. The summed E-state index contributed by atoms with van der Waals surface area (Å²) in [6.07, 6.45) is 1.84. The lowest BCUT2D eigenvalue weighted by Gasteiger charge is -2.20. The summed E-state index contributed by atoms with van der Waals surface area (Å²) in [4.78, 5) is 11.0. The zero-order chi connectivity index (χ0) is 10.6. The van der Waals surface area contributed by atoms with Crippen LogP contribution in [0, 0.1) is 0 Å². The van der Waals surface area contributed by atoms with Crippen molar-refractivity contribution in [2.45, 2.75) is 33.6 Å². The van der Waals surface area contributed by atoms with Crippen molar-refractivity contribution in [3.63, 3.8) is 0 Å². The van der Waals surface area contributed by atoms with E-state index in [9.17, 15) is 0 Å². The Labute approximate surface area is 86.2 Å². The topological polar surface area (TPSA) is 29.0 Å². The molecule has 0 N–H and O–H groups in total. The van der Waals surface area contributed by atoms with E-state index in [2.05, 4.69) is 42.6 Å². The standard InChI is InChI=1S/C11H19N3/c1-5-14(6-2)10-7-8-12-11(13-10)9(3)4/h7-9H,5-6H2,1-4H3. The van der Waals surface area contributed by atoms with Gasteiger partial charge in [-0.1, -0.05) is 13.8 Å². The van der Waals surface area contributed by atoms with Crippen LogP contribution in [0.25, 0.3) is 0 Å². The molecule has 14 heavy (non-hydrogen) atoms. The molecule has 0 radical (unpaired) electrons. The molecule has 3 nitrogen and oxygen atoms in total. The largest absolute Gasteiger partial charge is 0.357 e. The highest BCUT2D eigenvalue weighted by atomic mass is 15.2. The van der Waals surface area contributed by atoms with E-state index in [1.165, 1.54) is 0 Å². The zero-order valence-corrected chi connectivity index (χ0v) is 9.49. The Morgan fingerprint density at radius 3 is 2.43 bits per heavy atom. The maximum Gasteiger partial charge on any atom is 0.133 e. The quantitative estimate of drug-likeness (QED) is 0.735. The molecule has 1 aromatic heterocycles. The van der Waals surface area contributed by atoms with Gasteiger partial charge in [0.15, 0.2) is 0 Å². The third-order valence-corrected chi connectivity index (χ3v) is 2.26. The second-order valence-corrected chi connectivity index (χ2v) is 3.60. The summed E-state index contributed by atoms with van der Waals surface area (Å²) in [6, 6.07) is 1.97. The first-order valence-electron chi connectivity index (χ1n) is 5.26. The van der Waals surface area contributed by atoms with Gasteiger partial charge < -0.3 is 4.90 Å². The SMILES string of the molecule is CCN(CC)c1ccnc(C(C)C)n1. The van der Waals surface area contributed by atoms with Gasteiger partial charge in [0.2, 0.25) is 0 Å². The maximum absolute atomic E-state index is 4.53. The summed E-state index contributed by atoms with van der Waals surface area (Å²) in [5.74, 6) is 2.36. The van der Waals surface area contributed by atoms with E-state index in [0.29, 0.717) is 5.92 Å². The minimum absolute atomic E-state index is 0.394. The van der Waals surface area contributed by atoms with E-state index >= 15 is 0 Å². The van der Waals surface area contributed by atoms with Crippen molar-refractivity contribution >= 4 is 5.82 Å². The van der Waals surface area contributed by atoms with Gasteiger partial charge in [0.25, 0.3) is 0 Å². The molecule has 1 aromatic rings. The minimum atomic E-state index is 0.394. The molecule has 0 unspecified atom stereocenters. The van der Waals surface area contributed by atoms with Crippen LogP contribution in [0.15, 0.2) is 12.3 Å². The maximum atomic E-state index is 4.53. The van der Waals surface area contributed by atoms with Crippen LogP contribution in [-0.4, -0.2) is 23.1 Å². The second-order valence-electron chi connectivity index (χ2n) is 3.60. The fraction of sp³-hybridized carbons (Fsp3) is 0.636. The first-order chi connectivity index (χ1) is 6.69. The van der Waals surface area contributed by atoms with Crippen LogP contribution in [-0.2, 0) is 0 Å². The van der Waals surface area contributed by atoms with Crippen LogP contribution < -0.4 is 4.90 Å². The summed E-state index contributed by atoms with van der Waals surface area (Å²) >= 11 is 0. The third-order valence-electron chi connectivity index (χ3n) is 2.26. The van der Waals surface area contributed by atoms with E-state index in [-0.39, 0.29) is 0 Å². The van der Waals surface area contributed by atoms with Crippen molar-refractivity contribution in [2.75, 3.05) is 18.0 Å². The Morgan fingerprint density at radius 2 is 1.93 bits per heavy atom. The van der Waals surface area contributed by atoms with E-state index in [0.717, 1.165) is 24.7 Å². The van der Waals surface area contributed by atoms with Gasteiger partial charge in [0, 0.05) is 25.2 Å². The first kappa shape index (κ1) is 11.0. The van der Waals surface area contributed by atoms with Gasteiger partial charge in [-0.15, -0.1) is 0 Å². The van der Waals surface area contributed by atoms with Crippen molar-refractivity contribution in [3.8, 4) is 0 Å². The van der Waals surface area contributed by atoms with Crippen LogP contribution in [0.2, 0.25) is 0 Å². The van der Waals surface area contributed by atoms with Crippen LogP contribution in [0.5, 0.6) is 0 Å². The molecule has 3 heteroatoms. The number of anilines is 1. The molecule has 0 amide bonds. The fourth-order valence-electron chi connectivity index (χ4n) is 1.37. The Hall–Kier alpha value is -1.12. The molecule has 0 atom stereocenters. The molecule has 0 saturated carbocycles. The third kappa shape index (κ3) is 2.44. The van der Waals surface area contributed by atoms with Crippen LogP contribution in [0.1, 0.15) is 39.4 Å². The molecule has 0 saturated heterocycles. The molecule has 1 heterocycles. The Balaban J connectivity index is 2.92. The van der Waals surface area contributed by atoms with E-state index in [1.807, 2.05) is 12.3 Å². The van der Waals surface area contributed by atoms with Gasteiger partial charge in [-0.3, -0.25) is 0 Å². The van der Waals surface area contributed by atoms with Crippen LogP contribution in [0.4, 0.5) is 5.82 Å². The van der Waals surface area contributed by atoms with E-state index in [4.69, 9.17) is 0 Å². The smallest absolute Gasteiger partial charge is 0.133 e. The van der Waals surface area contributed by atoms with E-state index in [1.54, 1.807) is 0 Å². The number of hydrogen-bond donors (Lipinski definition) is 0. The molecule has 0 bridgehead atoms. The number of rotatable bonds is 4. The fourth-order valence-corrected chi connectivity index (χ4v) is 1.37. The van der Waals surface area contributed by atoms with Crippen molar-refractivity contribution in [2.24, 2.45) is 0 Å². The molecule has 0 aliphatic carbocycles. The lowest BCUT2D eigenvalue weighted by Crippen LogP contribution is -2.23. The summed E-state index contributed by atoms with van der Waals surface area (Å²) in [5, 5.41) is 0. The van der Waals surface area contributed by atoms with Crippen LogP contribution >= 0.6 is 0 Å². The molecule has 0 aliphatic rings. The Kier molecular flexibility index (Phi) is 3.86. The van der Waals surface area contributed by atoms with Crippen molar-refractivity contribution in [1.29, 1.82) is 0 Å². The highest BCUT2D eigenvalue weighted by Crippen LogP contribution is 2.14. The Bertz CT molecular complexity index is 280. The predicted molar refractivity (Wildman–Crippen MR) is 59.7 cm³/mol. The van der Waals surface area contributed by atoms with Gasteiger partial charge in [0.1, 0.15) is 11.6 Å². The average molecular weight is 193 g/mol. The number of hydrogen-bond acceptors (Lipinski definition) is 3. The van der Waals surface area contributed by atoms with Gasteiger partial charge in [-0.05, 0) is 19.9 Å². The normalized spacial score (nSPS) is 10.6. The van der Waals surface area contributed by atoms with Crippen molar-refractivity contribution in [1.82, 2.24) is 9.97 Å². The van der Waals surface area contributed by atoms with Crippen LogP contribution in [0.3, 0.4) is 0 Å². The molecule has 1 rings (SSSR count). The van der Waals surface area contributed by atoms with Gasteiger partial charge in [-0.25, -0.2) is 9.97 Å². The second kappa shape index (κ2) is 4.94. The summed E-state index contributed by atoms with van der Waals surface area (Å²) in [5.41, 5.74) is 0. The van der Waals surface area contributed by atoms with E-state index < -0.39 is 0 Å². The average Bonchev–Trinajstić information content (AvgIpc) is 2.20. The zero-order valence-electron chi connectivity index (χ0n) is 9.49. The molecule has 0 aliphatic heterocycles. The van der Waals surface area contributed by atoms with Gasteiger partial charge >= 0.3 is 0 Å². The minimum Gasteiger partial charge on any atom is -0.357 e. The highest BCUT2D eigenvalue weighted by molar-refractivity contribution is 5.37. The molecule has 0 aromatic carbocycles. The monoisotopic (exact) mass is 193 g/mol. The van der Waals surface area contributed by atoms with Gasteiger partial charge in [-0.2, -0.15) is 0 Å². The molecule has 0 fully saturated rings. The predicted octanol–water partition coefficient (Wildman–Crippen LogP) is 2.45. The molecular weight excluding hydrogens is 174 g/mol. The highest BCUT2D eigenvalue weighted by Gasteiger charge is 2.07. The lowest BCUT2D eigenvalue weighted by atomic mass is 10.2. The molecule has 0 spiro atoms. The summed E-state index contributed by atoms with van der Waals surface area (Å²) in [6.45, 7) is 10.5. The van der Waals surface area contributed by atoms with Gasteiger partial charge in [0.05, 0.1) is 0 Å². The first-order valence-corrected chi connectivity index (χ1v) is 5.26. The van der Waals surface area contributed by atoms with Crippen molar-refractivity contribution < 1.29 is 0 Å². The lowest BCUT2D eigenvalue weighted by molar-refractivity contribution is 0.755. The Morgan fingerprint density at radius 1 is 1.29 bits per heavy atom. The molecular formula is C11H19N3. The number of nitrogens with zero attached hydrogens (tertiary/aromatic N) is 3. The molecule has 78 valence electrons. The summed E-state index contributed by atoms with van der Waals surface area (Å²) in [7, 11) is 0. The van der Waals surface area contributed by atoms with Crippen molar-refractivity contribution in [3.05, 3.63) is 18.1 Å².